The molecule has 0 saturated carbocycles. The van der Waals surface area contributed by atoms with Gasteiger partial charge in [0, 0.05) is 49.1 Å². The van der Waals surface area contributed by atoms with Crippen LogP contribution in [0, 0.1) is 11.3 Å². The number of rotatable bonds is 6. The fourth-order valence-electron chi connectivity index (χ4n) is 3.88. The number of aromatic nitrogens is 4. The van der Waals surface area contributed by atoms with Crippen molar-refractivity contribution in [3.05, 3.63) is 90.4 Å². The first kappa shape index (κ1) is 20.9. The number of ether oxygens (including phenoxy) is 2. The van der Waals surface area contributed by atoms with Gasteiger partial charge in [0.2, 0.25) is 0 Å². The van der Waals surface area contributed by atoms with Gasteiger partial charge >= 0.3 is 0 Å². The first-order valence-corrected chi connectivity index (χ1v) is 11.0. The molecule has 2 aromatic carbocycles. The van der Waals surface area contributed by atoms with E-state index in [4.69, 9.17) is 14.5 Å². The smallest absolute Gasteiger partial charge is 0.137 e. The normalized spacial score (nSPS) is 14.0. The van der Waals surface area contributed by atoms with Crippen molar-refractivity contribution in [2.24, 2.45) is 0 Å². The molecule has 7 nitrogen and oxygen atoms in total. The molecule has 0 radical (unpaired) electrons. The molecule has 4 aromatic rings. The van der Waals surface area contributed by atoms with E-state index in [0.717, 1.165) is 41.2 Å². The molecule has 1 fully saturated rings. The molecule has 0 bridgehead atoms. The summed E-state index contributed by atoms with van der Waals surface area (Å²) in [6, 6.07) is 18.0. The van der Waals surface area contributed by atoms with Crippen LogP contribution in [0.1, 0.15) is 29.8 Å². The first-order valence-electron chi connectivity index (χ1n) is 11.0. The molecule has 0 aliphatic carbocycles. The molecule has 0 atom stereocenters. The minimum atomic E-state index is 0.0857. The highest BCUT2D eigenvalue weighted by atomic mass is 16.5. The topological polar surface area (TPSA) is 85.9 Å². The van der Waals surface area contributed by atoms with Gasteiger partial charge in [0.25, 0.3) is 0 Å². The monoisotopic (exact) mass is 437 g/mol. The number of hydrogen-bond acceptors (Lipinski definition) is 6. The summed E-state index contributed by atoms with van der Waals surface area (Å²) in [6.07, 6.45) is 9.59. The van der Waals surface area contributed by atoms with E-state index in [1.807, 2.05) is 35.0 Å². The Labute approximate surface area is 192 Å². The van der Waals surface area contributed by atoms with Gasteiger partial charge in [-0.2, -0.15) is 5.26 Å². The number of benzene rings is 2. The van der Waals surface area contributed by atoms with Gasteiger partial charge < -0.3 is 14.0 Å². The summed E-state index contributed by atoms with van der Waals surface area (Å²) in [5, 5.41) is 9.67. The Morgan fingerprint density at radius 2 is 1.91 bits per heavy atom. The van der Waals surface area contributed by atoms with E-state index in [9.17, 15) is 5.26 Å². The lowest BCUT2D eigenvalue weighted by Gasteiger charge is -2.23. The van der Waals surface area contributed by atoms with E-state index in [-0.39, 0.29) is 6.10 Å². The Morgan fingerprint density at radius 1 is 1.06 bits per heavy atom. The van der Waals surface area contributed by atoms with Crippen LogP contribution in [0.3, 0.4) is 0 Å². The van der Waals surface area contributed by atoms with Crippen molar-refractivity contribution in [3.8, 4) is 28.8 Å². The van der Waals surface area contributed by atoms with Crippen molar-refractivity contribution < 1.29 is 9.47 Å². The average molecular weight is 438 g/mol. The second-order valence-electron chi connectivity index (χ2n) is 7.92. The van der Waals surface area contributed by atoms with Crippen LogP contribution in [0.2, 0.25) is 0 Å². The zero-order chi connectivity index (χ0) is 22.5. The molecule has 0 spiro atoms. The lowest BCUT2D eigenvalue weighted by molar-refractivity contribution is 0.0254. The van der Waals surface area contributed by atoms with Gasteiger partial charge in [-0.1, -0.05) is 12.1 Å². The zero-order valence-electron chi connectivity index (χ0n) is 18.1. The molecule has 0 amide bonds. The number of hydrogen-bond donors (Lipinski definition) is 0. The fourth-order valence-corrected chi connectivity index (χ4v) is 3.88. The van der Waals surface area contributed by atoms with E-state index in [2.05, 4.69) is 40.3 Å². The molecule has 1 saturated heterocycles. The summed E-state index contributed by atoms with van der Waals surface area (Å²) in [7, 11) is 0. The lowest BCUT2D eigenvalue weighted by atomic mass is 10.1. The molecule has 0 N–H and O–H groups in total. The van der Waals surface area contributed by atoms with Gasteiger partial charge in [-0.3, -0.25) is 0 Å². The third-order valence-corrected chi connectivity index (χ3v) is 5.66. The van der Waals surface area contributed by atoms with E-state index in [1.54, 1.807) is 18.7 Å². The number of nitriles is 1. The Balaban J connectivity index is 1.32. The summed E-state index contributed by atoms with van der Waals surface area (Å²) in [4.78, 5) is 13.3. The van der Waals surface area contributed by atoms with E-state index in [1.165, 1.54) is 0 Å². The molecule has 1 aliphatic rings. The van der Waals surface area contributed by atoms with Crippen LogP contribution in [-0.2, 0) is 11.2 Å². The standard InChI is InChI=1S/C26H23N5O2/c27-17-21-16-20(3-6-25(21)33-23-8-13-32-14-9-23)24-7-10-29-26(30-24)15-19-1-4-22(5-2-19)31-12-11-28-18-31/h1-7,10-12,16,18,23H,8-9,13-15H2. The van der Waals surface area contributed by atoms with Gasteiger partial charge in [0.05, 0.1) is 30.8 Å². The van der Waals surface area contributed by atoms with Crippen LogP contribution in [0.4, 0.5) is 0 Å². The minimum absolute atomic E-state index is 0.0857. The highest BCUT2D eigenvalue weighted by Gasteiger charge is 2.17. The third kappa shape index (κ3) is 4.92. The minimum Gasteiger partial charge on any atom is -0.489 e. The Bertz CT molecular complexity index is 1260. The lowest BCUT2D eigenvalue weighted by Crippen LogP contribution is -2.26. The molecule has 3 heterocycles. The second kappa shape index (κ2) is 9.63. The van der Waals surface area contributed by atoms with Crippen LogP contribution in [-0.4, -0.2) is 38.8 Å². The van der Waals surface area contributed by atoms with Crippen molar-refractivity contribution in [2.45, 2.75) is 25.4 Å². The maximum absolute atomic E-state index is 9.67. The van der Waals surface area contributed by atoms with Crippen LogP contribution in [0.25, 0.3) is 16.9 Å². The van der Waals surface area contributed by atoms with Crippen LogP contribution in [0.5, 0.6) is 5.75 Å². The summed E-state index contributed by atoms with van der Waals surface area (Å²) in [5.74, 6) is 1.34. The second-order valence-corrected chi connectivity index (χ2v) is 7.92. The van der Waals surface area contributed by atoms with Gasteiger partial charge in [0.1, 0.15) is 23.7 Å². The van der Waals surface area contributed by atoms with Crippen molar-refractivity contribution in [3.63, 3.8) is 0 Å². The highest BCUT2D eigenvalue weighted by Crippen LogP contribution is 2.27. The number of imidazole rings is 1. The molecule has 2 aromatic heterocycles. The summed E-state index contributed by atoms with van der Waals surface area (Å²) >= 11 is 0. The van der Waals surface area contributed by atoms with Gasteiger partial charge in [0.15, 0.2) is 0 Å². The van der Waals surface area contributed by atoms with Crippen LogP contribution in [0.15, 0.2) is 73.4 Å². The predicted molar refractivity (Wildman–Crippen MR) is 123 cm³/mol. The van der Waals surface area contributed by atoms with Gasteiger partial charge in [-0.15, -0.1) is 0 Å². The molecule has 33 heavy (non-hydrogen) atoms. The van der Waals surface area contributed by atoms with Crippen LogP contribution >= 0.6 is 0 Å². The molecule has 5 rings (SSSR count). The molecule has 1 aliphatic heterocycles. The quantitative estimate of drug-likeness (QED) is 0.446. The van der Waals surface area contributed by atoms with Crippen molar-refractivity contribution in [1.82, 2.24) is 19.5 Å². The Kier molecular flexibility index (Phi) is 6.09. The summed E-state index contributed by atoms with van der Waals surface area (Å²) in [6.45, 7) is 1.39. The van der Waals surface area contributed by atoms with Crippen molar-refractivity contribution in [1.29, 1.82) is 5.26 Å². The zero-order valence-corrected chi connectivity index (χ0v) is 18.1. The summed E-state index contributed by atoms with van der Waals surface area (Å²) in [5.41, 5.74) is 4.33. The summed E-state index contributed by atoms with van der Waals surface area (Å²) < 4.78 is 13.4. The Morgan fingerprint density at radius 3 is 2.67 bits per heavy atom. The Hall–Kier alpha value is -4.02. The predicted octanol–water partition coefficient (Wildman–Crippen LogP) is 4.35. The van der Waals surface area contributed by atoms with Crippen molar-refractivity contribution >= 4 is 0 Å². The first-order chi connectivity index (χ1) is 16.3. The van der Waals surface area contributed by atoms with E-state index >= 15 is 0 Å². The molecule has 0 unspecified atom stereocenters. The fraction of sp³-hybridized carbons (Fsp3) is 0.231. The largest absolute Gasteiger partial charge is 0.489 e. The molecular weight excluding hydrogens is 414 g/mol. The van der Waals surface area contributed by atoms with Gasteiger partial charge in [-0.05, 0) is 42.0 Å². The van der Waals surface area contributed by atoms with Crippen molar-refractivity contribution in [2.75, 3.05) is 13.2 Å². The molecule has 164 valence electrons. The highest BCUT2D eigenvalue weighted by molar-refractivity contribution is 5.64. The van der Waals surface area contributed by atoms with Crippen LogP contribution < -0.4 is 4.74 Å². The molecular formula is C26H23N5O2. The average Bonchev–Trinajstić information content (AvgIpc) is 3.41. The SMILES string of the molecule is N#Cc1cc(-c2ccnc(Cc3ccc(-n4ccnc4)cc3)n2)ccc1OC1CCOCC1. The van der Waals surface area contributed by atoms with Gasteiger partial charge in [-0.25, -0.2) is 15.0 Å². The maximum atomic E-state index is 9.67. The van der Waals surface area contributed by atoms with E-state index in [0.29, 0.717) is 30.9 Å². The van der Waals surface area contributed by atoms with E-state index < -0.39 is 0 Å². The molecule has 7 heteroatoms. The maximum Gasteiger partial charge on any atom is 0.137 e. The number of nitrogens with zero attached hydrogens (tertiary/aromatic N) is 5. The third-order valence-electron chi connectivity index (χ3n) is 5.66.